The first-order chi connectivity index (χ1) is 12.7. The summed E-state index contributed by atoms with van der Waals surface area (Å²) in [4.78, 5) is 9.86. The molecule has 1 aromatic heterocycles. The minimum Gasteiger partial charge on any atom is -0.366 e. The van der Waals surface area contributed by atoms with Crippen molar-refractivity contribution in [2.75, 3.05) is 11.9 Å². The number of nitrogens with zero attached hydrogens (tertiary/aromatic N) is 2. The van der Waals surface area contributed by atoms with Gasteiger partial charge in [0, 0.05) is 28.1 Å². The predicted octanol–water partition coefficient (Wildman–Crippen LogP) is 4.70. The third kappa shape index (κ3) is 4.77. The van der Waals surface area contributed by atoms with E-state index in [9.17, 15) is 4.21 Å². The van der Waals surface area contributed by atoms with Gasteiger partial charge in [0.25, 0.3) is 0 Å². The van der Waals surface area contributed by atoms with Gasteiger partial charge < -0.3 is 5.32 Å². The van der Waals surface area contributed by atoms with Crippen LogP contribution in [-0.2, 0) is 16.6 Å². The highest BCUT2D eigenvalue weighted by atomic mass is 35.5. The SMILES string of the molecule is C=CCNc1cc(C[S@@](=O)c2ccc(Cl)cc2)nc(-c2ccccc2)n1. The molecule has 1 atom stereocenters. The van der Waals surface area contributed by atoms with Crippen LogP contribution in [0.25, 0.3) is 11.4 Å². The number of benzene rings is 2. The van der Waals surface area contributed by atoms with Gasteiger partial charge in [-0.3, -0.25) is 4.21 Å². The molecule has 0 spiro atoms. The molecule has 0 bridgehead atoms. The number of aromatic nitrogens is 2. The van der Waals surface area contributed by atoms with Crippen LogP contribution in [0.3, 0.4) is 0 Å². The highest BCUT2D eigenvalue weighted by Crippen LogP contribution is 2.20. The first-order valence-corrected chi connectivity index (χ1v) is 9.77. The molecule has 0 radical (unpaired) electrons. The number of anilines is 1. The zero-order valence-corrected chi connectivity index (χ0v) is 15.6. The van der Waals surface area contributed by atoms with Crippen LogP contribution in [0.2, 0.25) is 5.02 Å². The largest absolute Gasteiger partial charge is 0.366 e. The first-order valence-electron chi connectivity index (χ1n) is 8.08. The molecular weight excluding hydrogens is 366 g/mol. The lowest BCUT2D eigenvalue weighted by atomic mass is 10.2. The van der Waals surface area contributed by atoms with E-state index in [0.717, 1.165) is 10.5 Å². The Balaban J connectivity index is 1.90. The van der Waals surface area contributed by atoms with E-state index in [1.807, 2.05) is 36.4 Å². The third-order valence-electron chi connectivity index (χ3n) is 3.59. The molecule has 132 valence electrons. The van der Waals surface area contributed by atoms with Gasteiger partial charge in [0.2, 0.25) is 0 Å². The second-order valence-electron chi connectivity index (χ2n) is 5.55. The van der Waals surface area contributed by atoms with Crippen molar-refractivity contribution in [2.24, 2.45) is 0 Å². The summed E-state index contributed by atoms with van der Waals surface area (Å²) in [5.41, 5.74) is 1.62. The Morgan fingerprint density at radius 1 is 1.08 bits per heavy atom. The van der Waals surface area contributed by atoms with Crippen molar-refractivity contribution in [3.8, 4) is 11.4 Å². The van der Waals surface area contributed by atoms with Crippen molar-refractivity contribution in [1.82, 2.24) is 9.97 Å². The topological polar surface area (TPSA) is 54.9 Å². The van der Waals surface area contributed by atoms with Crippen LogP contribution in [0.1, 0.15) is 5.69 Å². The Hall–Kier alpha value is -2.50. The van der Waals surface area contributed by atoms with Gasteiger partial charge in [-0.15, -0.1) is 6.58 Å². The second kappa shape index (κ2) is 8.74. The molecule has 1 heterocycles. The molecule has 6 heteroatoms. The number of halogens is 1. The summed E-state index contributed by atoms with van der Waals surface area (Å²) in [5, 5.41) is 3.80. The standard InChI is InChI=1S/C20H18ClN3OS/c1-2-12-22-19-13-17(14-26(25)18-10-8-16(21)9-11-18)23-20(24-19)15-6-4-3-5-7-15/h2-11,13H,1,12,14H2,(H,22,23,24)/t26-/m1/s1. The lowest BCUT2D eigenvalue weighted by Gasteiger charge is -2.09. The molecule has 0 aliphatic carbocycles. The first kappa shape index (κ1) is 18.3. The fraction of sp³-hybridized carbons (Fsp3) is 0.100. The smallest absolute Gasteiger partial charge is 0.161 e. The van der Waals surface area contributed by atoms with Gasteiger partial charge >= 0.3 is 0 Å². The average molecular weight is 384 g/mol. The fourth-order valence-electron chi connectivity index (χ4n) is 2.36. The van der Waals surface area contributed by atoms with Crippen molar-refractivity contribution < 1.29 is 4.21 Å². The Kier molecular flexibility index (Phi) is 6.15. The highest BCUT2D eigenvalue weighted by Gasteiger charge is 2.11. The Labute approximate surface area is 160 Å². The molecule has 0 aliphatic heterocycles. The van der Waals surface area contributed by atoms with Crippen LogP contribution in [0.4, 0.5) is 5.82 Å². The van der Waals surface area contributed by atoms with E-state index in [4.69, 9.17) is 11.6 Å². The van der Waals surface area contributed by atoms with Gasteiger partial charge in [-0.1, -0.05) is 48.0 Å². The molecular formula is C20H18ClN3OS. The molecule has 4 nitrogen and oxygen atoms in total. The van der Waals surface area contributed by atoms with Gasteiger partial charge in [0.15, 0.2) is 5.82 Å². The van der Waals surface area contributed by atoms with Crippen molar-refractivity contribution in [3.05, 3.63) is 84.0 Å². The van der Waals surface area contributed by atoms with Crippen LogP contribution < -0.4 is 5.32 Å². The highest BCUT2D eigenvalue weighted by molar-refractivity contribution is 7.84. The summed E-state index contributed by atoms with van der Waals surface area (Å²) in [6.07, 6.45) is 1.76. The Morgan fingerprint density at radius 3 is 2.50 bits per heavy atom. The van der Waals surface area contributed by atoms with E-state index in [-0.39, 0.29) is 0 Å². The van der Waals surface area contributed by atoms with Crippen LogP contribution in [0, 0.1) is 0 Å². The van der Waals surface area contributed by atoms with Crippen LogP contribution >= 0.6 is 11.6 Å². The number of hydrogen-bond donors (Lipinski definition) is 1. The van der Waals surface area contributed by atoms with Gasteiger partial charge in [0.1, 0.15) is 5.82 Å². The summed E-state index contributed by atoms with van der Waals surface area (Å²) >= 11 is 5.90. The lowest BCUT2D eigenvalue weighted by Crippen LogP contribution is -2.06. The normalized spacial score (nSPS) is 11.7. The molecule has 0 amide bonds. The third-order valence-corrected chi connectivity index (χ3v) is 5.20. The zero-order chi connectivity index (χ0) is 18.4. The summed E-state index contributed by atoms with van der Waals surface area (Å²) in [6.45, 7) is 4.30. The van der Waals surface area contributed by atoms with E-state index in [0.29, 0.717) is 34.7 Å². The van der Waals surface area contributed by atoms with Gasteiger partial charge in [-0.05, 0) is 24.3 Å². The fourth-order valence-corrected chi connectivity index (χ4v) is 3.51. The van der Waals surface area contributed by atoms with E-state index in [1.165, 1.54) is 0 Å². The summed E-state index contributed by atoms with van der Waals surface area (Å²) in [6, 6.07) is 18.6. The van der Waals surface area contributed by atoms with E-state index < -0.39 is 10.8 Å². The molecule has 3 rings (SSSR count). The minimum absolute atomic E-state index is 0.298. The molecule has 0 unspecified atom stereocenters. The maximum atomic E-state index is 12.7. The maximum Gasteiger partial charge on any atom is 0.161 e. The van der Waals surface area contributed by atoms with E-state index >= 15 is 0 Å². The molecule has 0 fully saturated rings. The van der Waals surface area contributed by atoms with Crippen molar-refractivity contribution in [3.63, 3.8) is 0 Å². The van der Waals surface area contributed by atoms with E-state index in [1.54, 1.807) is 30.3 Å². The molecule has 0 saturated carbocycles. The van der Waals surface area contributed by atoms with Crippen molar-refractivity contribution in [1.29, 1.82) is 0 Å². The predicted molar refractivity (Wildman–Crippen MR) is 108 cm³/mol. The molecule has 3 aromatic rings. The van der Waals surface area contributed by atoms with Crippen LogP contribution in [0.5, 0.6) is 0 Å². The maximum absolute atomic E-state index is 12.7. The van der Waals surface area contributed by atoms with Crippen molar-refractivity contribution >= 4 is 28.2 Å². The van der Waals surface area contributed by atoms with Crippen LogP contribution in [0.15, 0.2) is 78.2 Å². The quantitative estimate of drug-likeness (QED) is 0.600. The number of hydrogen-bond acceptors (Lipinski definition) is 4. The van der Waals surface area contributed by atoms with E-state index in [2.05, 4.69) is 21.9 Å². The Bertz CT molecular complexity index is 914. The van der Waals surface area contributed by atoms with Gasteiger partial charge in [-0.25, -0.2) is 9.97 Å². The molecule has 1 N–H and O–H groups in total. The molecule has 26 heavy (non-hydrogen) atoms. The number of rotatable bonds is 7. The zero-order valence-electron chi connectivity index (χ0n) is 14.1. The minimum atomic E-state index is -1.22. The second-order valence-corrected chi connectivity index (χ2v) is 7.44. The molecule has 0 aliphatic rings. The Morgan fingerprint density at radius 2 is 1.81 bits per heavy atom. The van der Waals surface area contributed by atoms with Crippen LogP contribution in [-0.4, -0.2) is 20.7 Å². The summed E-state index contributed by atoms with van der Waals surface area (Å²) < 4.78 is 12.7. The summed E-state index contributed by atoms with van der Waals surface area (Å²) in [7, 11) is -1.22. The van der Waals surface area contributed by atoms with Gasteiger partial charge in [-0.2, -0.15) is 0 Å². The van der Waals surface area contributed by atoms with Gasteiger partial charge in [0.05, 0.1) is 22.2 Å². The molecule has 2 aromatic carbocycles. The lowest BCUT2D eigenvalue weighted by molar-refractivity contribution is 0.682. The van der Waals surface area contributed by atoms with Crippen molar-refractivity contribution in [2.45, 2.75) is 10.6 Å². The number of nitrogens with one attached hydrogen (secondary N) is 1. The summed E-state index contributed by atoms with van der Waals surface area (Å²) in [5.74, 6) is 1.58. The monoisotopic (exact) mass is 383 g/mol. The average Bonchev–Trinajstić information content (AvgIpc) is 2.67. The molecule has 0 saturated heterocycles.